The zero-order valence-corrected chi connectivity index (χ0v) is 12.1. The predicted octanol–water partition coefficient (Wildman–Crippen LogP) is 3.46. The highest BCUT2D eigenvalue weighted by Crippen LogP contribution is 2.24. The molecule has 3 rings (SSSR count). The van der Waals surface area contributed by atoms with Crippen molar-refractivity contribution in [2.24, 2.45) is 5.92 Å². The van der Waals surface area contributed by atoms with Crippen LogP contribution in [-0.4, -0.2) is 25.0 Å². The largest absolute Gasteiger partial charge is 0.384 e. The van der Waals surface area contributed by atoms with Crippen LogP contribution in [0.1, 0.15) is 11.1 Å². The molecule has 1 atom stereocenters. The third-order valence-electron chi connectivity index (χ3n) is 3.71. The van der Waals surface area contributed by atoms with Gasteiger partial charge in [-0.15, -0.1) is 0 Å². The summed E-state index contributed by atoms with van der Waals surface area (Å²) in [4.78, 5) is 2.43. The maximum absolute atomic E-state index is 3.55. The van der Waals surface area contributed by atoms with Crippen molar-refractivity contribution in [3.8, 4) is 0 Å². The van der Waals surface area contributed by atoms with E-state index in [0.717, 1.165) is 19.6 Å². The molecule has 0 radical (unpaired) electrons. The summed E-state index contributed by atoms with van der Waals surface area (Å²) >= 11 is 1.78. The van der Waals surface area contributed by atoms with Crippen LogP contribution < -0.4 is 5.32 Å². The van der Waals surface area contributed by atoms with E-state index in [1.165, 1.54) is 23.2 Å². The Balaban J connectivity index is 1.57. The van der Waals surface area contributed by atoms with Crippen molar-refractivity contribution in [1.82, 2.24) is 4.90 Å². The highest BCUT2D eigenvalue weighted by molar-refractivity contribution is 7.07. The number of hydrogen-bond donors (Lipinski definition) is 1. The third kappa shape index (κ3) is 3.17. The molecule has 1 aliphatic rings. The van der Waals surface area contributed by atoms with Crippen LogP contribution in [0.2, 0.25) is 0 Å². The van der Waals surface area contributed by atoms with E-state index in [9.17, 15) is 0 Å². The molecule has 1 N–H and O–H groups in total. The maximum atomic E-state index is 3.55. The first-order chi connectivity index (χ1) is 9.31. The highest BCUT2D eigenvalue weighted by atomic mass is 32.1. The van der Waals surface area contributed by atoms with Gasteiger partial charge in [0, 0.05) is 25.3 Å². The molecule has 1 aromatic carbocycles. The summed E-state index contributed by atoms with van der Waals surface area (Å²) in [6.45, 7) is 3.30. The lowest BCUT2D eigenvalue weighted by molar-refractivity contribution is 0.271. The second kappa shape index (κ2) is 5.76. The first-order valence-corrected chi connectivity index (χ1v) is 7.77. The van der Waals surface area contributed by atoms with Gasteiger partial charge in [0.15, 0.2) is 0 Å². The number of rotatable bonds is 4. The van der Waals surface area contributed by atoms with Gasteiger partial charge in [0.25, 0.3) is 0 Å². The van der Waals surface area contributed by atoms with Gasteiger partial charge in [-0.3, -0.25) is 0 Å². The van der Waals surface area contributed by atoms with Crippen LogP contribution in [0.5, 0.6) is 0 Å². The number of nitrogens with zero attached hydrogens (tertiary/aromatic N) is 1. The molecule has 0 spiro atoms. The second-order valence-electron chi connectivity index (χ2n) is 5.44. The Morgan fingerprint density at radius 3 is 3.05 bits per heavy atom. The zero-order valence-electron chi connectivity index (χ0n) is 11.3. The van der Waals surface area contributed by atoms with Gasteiger partial charge in [-0.25, -0.2) is 0 Å². The number of para-hydroxylation sites is 1. The lowest BCUT2D eigenvalue weighted by atomic mass is 9.93. The molecule has 1 unspecified atom stereocenters. The minimum Gasteiger partial charge on any atom is -0.384 e. The van der Waals surface area contributed by atoms with Crippen LogP contribution in [0, 0.1) is 5.92 Å². The molecular formula is C16H20N2S. The molecule has 2 nitrogen and oxygen atoms in total. The van der Waals surface area contributed by atoms with E-state index in [2.05, 4.69) is 58.4 Å². The molecule has 19 heavy (non-hydrogen) atoms. The molecule has 2 heterocycles. The fraction of sp³-hybridized carbons (Fsp3) is 0.375. The first-order valence-electron chi connectivity index (χ1n) is 6.82. The molecule has 3 heteroatoms. The zero-order chi connectivity index (χ0) is 13.1. The average Bonchev–Trinajstić information content (AvgIpc) is 2.91. The van der Waals surface area contributed by atoms with E-state index in [-0.39, 0.29) is 0 Å². The van der Waals surface area contributed by atoms with Gasteiger partial charge in [-0.1, -0.05) is 18.2 Å². The van der Waals surface area contributed by atoms with Crippen LogP contribution >= 0.6 is 11.3 Å². The number of anilines is 1. The summed E-state index contributed by atoms with van der Waals surface area (Å²) in [5.74, 6) is 0.707. The summed E-state index contributed by atoms with van der Waals surface area (Å²) in [6.07, 6.45) is 1.19. The van der Waals surface area contributed by atoms with Crippen molar-refractivity contribution >= 4 is 17.0 Å². The van der Waals surface area contributed by atoms with Crippen LogP contribution in [0.3, 0.4) is 0 Å². The van der Waals surface area contributed by atoms with Crippen molar-refractivity contribution in [3.05, 3.63) is 52.2 Å². The minimum atomic E-state index is 0.707. The van der Waals surface area contributed by atoms with Gasteiger partial charge in [0.1, 0.15) is 0 Å². The molecule has 0 saturated carbocycles. The second-order valence-corrected chi connectivity index (χ2v) is 6.22. The lowest BCUT2D eigenvalue weighted by Crippen LogP contribution is -2.33. The summed E-state index contributed by atoms with van der Waals surface area (Å²) in [6, 6.07) is 10.9. The monoisotopic (exact) mass is 272 g/mol. The Morgan fingerprint density at radius 1 is 1.32 bits per heavy atom. The van der Waals surface area contributed by atoms with Crippen LogP contribution in [-0.2, 0) is 13.0 Å². The number of benzene rings is 1. The highest BCUT2D eigenvalue weighted by Gasteiger charge is 2.19. The molecule has 0 saturated heterocycles. The SMILES string of the molecule is CN(Cc1ccsc1)CC1CNc2ccccc2C1. The number of fused-ring (bicyclic) bond motifs is 1. The summed E-state index contributed by atoms with van der Waals surface area (Å²) in [7, 11) is 2.22. The Labute approximate surface area is 119 Å². The average molecular weight is 272 g/mol. The van der Waals surface area contributed by atoms with Crippen molar-refractivity contribution in [2.75, 3.05) is 25.5 Å². The fourth-order valence-corrected chi connectivity index (χ4v) is 3.50. The van der Waals surface area contributed by atoms with E-state index in [0.29, 0.717) is 5.92 Å². The minimum absolute atomic E-state index is 0.707. The van der Waals surface area contributed by atoms with Gasteiger partial charge in [0.05, 0.1) is 0 Å². The van der Waals surface area contributed by atoms with Gasteiger partial charge >= 0.3 is 0 Å². The Morgan fingerprint density at radius 2 is 2.21 bits per heavy atom. The number of nitrogens with one attached hydrogen (secondary N) is 1. The summed E-state index contributed by atoms with van der Waals surface area (Å²) in [5, 5.41) is 7.95. The normalized spacial score (nSPS) is 18.1. The first kappa shape index (κ1) is 12.7. The molecule has 100 valence electrons. The van der Waals surface area contributed by atoms with Crippen LogP contribution in [0.25, 0.3) is 0 Å². The molecule has 1 aliphatic heterocycles. The van der Waals surface area contributed by atoms with Gasteiger partial charge in [0.2, 0.25) is 0 Å². The molecule has 1 aromatic heterocycles. The van der Waals surface area contributed by atoms with Crippen molar-refractivity contribution in [2.45, 2.75) is 13.0 Å². The summed E-state index contributed by atoms with van der Waals surface area (Å²) < 4.78 is 0. The molecule has 0 aliphatic carbocycles. The van der Waals surface area contributed by atoms with E-state index in [4.69, 9.17) is 0 Å². The van der Waals surface area contributed by atoms with E-state index < -0.39 is 0 Å². The Bertz CT molecular complexity index is 521. The number of thiophene rings is 1. The van der Waals surface area contributed by atoms with E-state index >= 15 is 0 Å². The van der Waals surface area contributed by atoms with E-state index in [1.807, 2.05) is 0 Å². The van der Waals surface area contributed by atoms with Gasteiger partial charge < -0.3 is 10.2 Å². The topological polar surface area (TPSA) is 15.3 Å². The molecule has 0 amide bonds. The molecular weight excluding hydrogens is 252 g/mol. The Kier molecular flexibility index (Phi) is 3.85. The van der Waals surface area contributed by atoms with Crippen molar-refractivity contribution < 1.29 is 0 Å². The predicted molar refractivity (Wildman–Crippen MR) is 82.8 cm³/mol. The van der Waals surface area contributed by atoms with Crippen molar-refractivity contribution in [3.63, 3.8) is 0 Å². The lowest BCUT2D eigenvalue weighted by Gasteiger charge is -2.29. The van der Waals surface area contributed by atoms with Crippen LogP contribution in [0.15, 0.2) is 41.1 Å². The van der Waals surface area contributed by atoms with Gasteiger partial charge in [-0.05, 0) is 53.4 Å². The molecule has 2 aromatic rings. The summed E-state index contributed by atoms with van der Waals surface area (Å²) in [5.41, 5.74) is 4.21. The molecule has 0 fully saturated rings. The maximum Gasteiger partial charge on any atom is 0.0372 e. The van der Waals surface area contributed by atoms with Crippen molar-refractivity contribution in [1.29, 1.82) is 0 Å². The fourth-order valence-electron chi connectivity index (χ4n) is 2.84. The molecule has 0 bridgehead atoms. The van der Waals surface area contributed by atoms with Gasteiger partial charge in [-0.2, -0.15) is 11.3 Å². The van der Waals surface area contributed by atoms with E-state index in [1.54, 1.807) is 11.3 Å². The smallest absolute Gasteiger partial charge is 0.0372 e. The standard InChI is InChI=1S/C16H20N2S/c1-18(10-13-6-7-19-12-13)11-14-8-15-4-2-3-5-16(15)17-9-14/h2-7,12,14,17H,8-11H2,1H3. The third-order valence-corrected chi connectivity index (χ3v) is 4.44. The van der Waals surface area contributed by atoms with Crippen LogP contribution in [0.4, 0.5) is 5.69 Å². The number of hydrogen-bond acceptors (Lipinski definition) is 3. The quantitative estimate of drug-likeness (QED) is 0.917. The Hall–Kier alpha value is -1.32.